The third kappa shape index (κ3) is 3.30. The van der Waals surface area contributed by atoms with Crippen molar-refractivity contribution < 1.29 is 5.11 Å². The molecule has 0 aliphatic heterocycles. The minimum absolute atomic E-state index is 0.213. The Hall–Kier alpha value is -0.670. The zero-order valence-corrected chi connectivity index (χ0v) is 6.97. The van der Waals surface area contributed by atoms with Gasteiger partial charge in [0.2, 0.25) is 0 Å². The maximum atomic E-state index is 8.48. The van der Waals surface area contributed by atoms with E-state index in [2.05, 4.69) is 4.72 Å². The maximum absolute atomic E-state index is 8.48. The third-order valence-electron chi connectivity index (χ3n) is 1.16. The average molecular weight is 169 g/mol. The van der Waals surface area contributed by atoms with Crippen LogP contribution in [0, 0.1) is 0 Å². The second kappa shape index (κ2) is 5.04. The molecular formula is C8H11NOS. The van der Waals surface area contributed by atoms with Crippen molar-refractivity contribution in [2.45, 2.75) is 0 Å². The van der Waals surface area contributed by atoms with Crippen LogP contribution in [0.3, 0.4) is 0 Å². The minimum atomic E-state index is 0.213. The number of aliphatic hydroxyl groups is 1. The van der Waals surface area contributed by atoms with Crippen LogP contribution in [0.1, 0.15) is 0 Å². The van der Waals surface area contributed by atoms with Gasteiger partial charge in [0.25, 0.3) is 0 Å². The van der Waals surface area contributed by atoms with Crippen molar-refractivity contribution in [2.24, 2.45) is 0 Å². The number of rotatable bonds is 4. The van der Waals surface area contributed by atoms with Crippen molar-refractivity contribution in [3.8, 4) is 0 Å². The van der Waals surface area contributed by atoms with Crippen molar-refractivity contribution >= 4 is 17.6 Å². The number of nitrogens with one attached hydrogen (secondary N) is 1. The molecule has 11 heavy (non-hydrogen) atoms. The van der Waals surface area contributed by atoms with E-state index in [4.69, 9.17) is 5.11 Å². The maximum Gasteiger partial charge on any atom is 0.0539 e. The van der Waals surface area contributed by atoms with E-state index in [1.807, 2.05) is 30.3 Å². The highest BCUT2D eigenvalue weighted by Gasteiger charge is 1.87. The highest BCUT2D eigenvalue weighted by molar-refractivity contribution is 8.00. The van der Waals surface area contributed by atoms with Gasteiger partial charge in [-0.25, -0.2) is 0 Å². The predicted octanol–water partition coefficient (Wildman–Crippen LogP) is 1.74. The van der Waals surface area contributed by atoms with Crippen molar-refractivity contribution in [3.05, 3.63) is 30.3 Å². The Bertz CT molecular complexity index is 191. The zero-order valence-electron chi connectivity index (χ0n) is 6.16. The van der Waals surface area contributed by atoms with Crippen LogP contribution in [0.15, 0.2) is 30.3 Å². The summed E-state index contributed by atoms with van der Waals surface area (Å²) in [4.78, 5) is 0. The molecule has 0 heterocycles. The summed E-state index contributed by atoms with van der Waals surface area (Å²) in [6.07, 6.45) is 0. The van der Waals surface area contributed by atoms with Crippen LogP contribution in [0.4, 0.5) is 5.69 Å². The van der Waals surface area contributed by atoms with Gasteiger partial charge in [0.15, 0.2) is 0 Å². The van der Waals surface area contributed by atoms with Gasteiger partial charge in [0.1, 0.15) is 0 Å². The van der Waals surface area contributed by atoms with Crippen LogP contribution in [0.2, 0.25) is 0 Å². The standard InChI is InChI=1S/C8H11NOS/c10-6-7-11-9-8-4-2-1-3-5-8/h1-5,9-10H,6-7H2. The quantitative estimate of drug-likeness (QED) is 0.532. The van der Waals surface area contributed by atoms with Crippen LogP contribution >= 0.6 is 11.9 Å². The van der Waals surface area contributed by atoms with Crippen molar-refractivity contribution in [1.29, 1.82) is 0 Å². The van der Waals surface area contributed by atoms with Crippen LogP contribution < -0.4 is 4.72 Å². The molecule has 0 unspecified atom stereocenters. The molecule has 0 fully saturated rings. The molecule has 0 amide bonds. The smallest absolute Gasteiger partial charge is 0.0539 e. The van der Waals surface area contributed by atoms with E-state index < -0.39 is 0 Å². The monoisotopic (exact) mass is 169 g/mol. The molecular weight excluding hydrogens is 158 g/mol. The van der Waals surface area contributed by atoms with Gasteiger partial charge in [-0.05, 0) is 12.1 Å². The summed E-state index contributed by atoms with van der Waals surface area (Å²) >= 11 is 1.51. The summed E-state index contributed by atoms with van der Waals surface area (Å²) in [6, 6.07) is 9.90. The van der Waals surface area contributed by atoms with Crippen LogP contribution in [-0.4, -0.2) is 17.5 Å². The molecule has 0 saturated carbocycles. The van der Waals surface area contributed by atoms with Gasteiger partial charge in [-0.1, -0.05) is 30.1 Å². The molecule has 2 nitrogen and oxygen atoms in total. The lowest BCUT2D eigenvalue weighted by atomic mass is 10.3. The van der Waals surface area contributed by atoms with Gasteiger partial charge >= 0.3 is 0 Å². The van der Waals surface area contributed by atoms with Crippen LogP contribution in [0.25, 0.3) is 0 Å². The van der Waals surface area contributed by atoms with Gasteiger partial charge in [-0.15, -0.1) is 0 Å². The SMILES string of the molecule is OCCSNc1ccccc1. The Kier molecular flexibility index (Phi) is 3.86. The number of para-hydroxylation sites is 1. The summed E-state index contributed by atoms with van der Waals surface area (Å²) in [5.41, 5.74) is 1.07. The first-order valence-corrected chi connectivity index (χ1v) is 4.46. The van der Waals surface area contributed by atoms with E-state index in [0.717, 1.165) is 11.4 Å². The van der Waals surface area contributed by atoms with Gasteiger partial charge < -0.3 is 9.83 Å². The molecule has 0 spiro atoms. The molecule has 0 saturated heterocycles. The Morgan fingerprint density at radius 2 is 2.00 bits per heavy atom. The molecule has 0 radical (unpaired) electrons. The van der Waals surface area contributed by atoms with Crippen molar-refractivity contribution in [2.75, 3.05) is 17.1 Å². The van der Waals surface area contributed by atoms with Crippen LogP contribution in [-0.2, 0) is 0 Å². The lowest BCUT2D eigenvalue weighted by molar-refractivity contribution is 0.322. The third-order valence-corrected chi connectivity index (χ3v) is 1.92. The molecule has 60 valence electrons. The molecule has 1 rings (SSSR count). The van der Waals surface area contributed by atoms with Crippen molar-refractivity contribution in [1.82, 2.24) is 0 Å². The minimum Gasteiger partial charge on any atom is -0.395 e. The Morgan fingerprint density at radius 3 is 2.64 bits per heavy atom. The second-order valence-corrected chi connectivity index (χ2v) is 2.94. The van der Waals surface area contributed by atoms with Gasteiger partial charge in [0.05, 0.1) is 6.61 Å². The molecule has 0 aromatic heterocycles. The average Bonchev–Trinajstić information content (AvgIpc) is 2.07. The van der Waals surface area contributed by atoms with E-state index in [9.17, 15) is 0 Å². The van der Waals surface area contributed by atoms with E-state index in [1.54, 1.807) is 0 Å². The van der Waals surface area contributed by atoms with E-state index in [0.29, 0.717) is 0 Å². The predicted molar refractivity (Wildman–Crippen MR) is 49.6 cm³/mol. The first-order chi connectivity index (χ1) is 5.43. The summed E-state index contributed by atoms with van der Waals surface area (Å²) in [5, 5.41) is 8.48. The lowest BCUT2D eigenvalue weighted by Crippen LogP contribution is -1.92. The van der Waals surface area contributed by atoms with E-state index in [1.165, 1.54) is 11.9 Å². The topological polar surface area (TPSA) is 32.3 Å². The number of benzene rings is 1. The van der Waals surface area contributed by atoms with Crippen LogP contribution in [0.5, 0.6) is 0 Å². The summed E-state index contributed by atoms with van der Waals surface area (Å²) in [6.45, 7) is 0.213. The van der Waals surface area contributed by atoms with Gasteiger partial charge in [0, 0.05) is 11.4 Å². The number of hydrogen-bond donors (Lipinski definition) is 2. The Morgan fingerprint density at radius 1 is 1.27 bits per heavy atom. The van der Waals surface area contributed by atoms with Gasteiger partial charge in [-0.2, -0.15) is 0 Å². The molecule has 3 heteroatoms. The van der Waals surface area contributed by atoms with Crippen molar-refractivity contribution in [3.63, 3.8) is 0 Å². The summed E-state index contributed by atoms with van der Waals surface area (Å²) in [5.74, 6) is 0.717. The fourth-order valence-electron chi connectivity index (χ4n) is 0.686. The molecule has 0 bridgehead atoms. The normalized spacial score (nSPS) is 9.55. The van der Waals surface area contributed by atoms with E-state index in [-0.39, 0.29) is 6.61 Å². The Labute approximate surface area is 70.8 Å². The molecule has 2 N–H and O–H groups in total. The highest BCUT2D eigenvalue weighted by Crippen LogP contribution is 2.10. The first kappa shape index (κ1) is 8.43. The van der Waals surface area contributed by atoms with Gasteiger partial charge in [-0.3, -0.25) is 0 Å². The van der Waals surface area contributed by atoms with E-state index >= 15 is 0 Å². The zero-order chi connectivity index (χ0) is 7.94. The highest BCUT2D eigenvalue weighted by atomic mass is 32.2. The second-order valence-electron chi connectivity index (χ2n) is 2.04. The number of aliphatic hydroxyl groups excluding tert-OH is 1. The molecule has 1 aromatic carbocycles. The molecule has 0 aliphatic rings. The first-order valence-electron chi connectivity index (χ1n) is 3.47. The molecule has 0 atom stereocenters. The largest absolute Gasteiger partial charge is 0.395 e. The fourth-order valence-corrected chi connectivity index (χ4v) is 1.18. The lowest BCUT2D eigenvalue weighted by Gasteiger charge is -2.01. The Balaban J connectivity index is 2.28. The number of hydrogen-bond acceptors (Lipinski definition) is 3. The molecule has 1 aromatic rings. The number of anilines is 1. The molecule has 0 aliphatic carbocycles. The summed E-state index contributed by atoms with van der Waals surface area (Å²) in [7, 11) is 0. The summed E-state index contributed by atoms with van der Waals surface area (Å²) < 4.78 is 3.10. The fraction of sp³-hybridized carbons (Fsp3) is 0.250.